The maximum absolute atomic E-state index is 14.1. The molecule has 212 valence electrons. The number of nitrogens with zero attached hydrogens (tertiary/aromatic N) is 4. The number of hydrogen-bond donors (Lipinski definition) is 0. The standard InChI is InChI=1S/C34H38N4O3/c39-31(35-20-16-28(17-21-35)24-27-10-4-1-5-11-27)25-37-26-38(30-14-8-3-9-15-30)34(33(37)41)18-22-36(23-19-34)32(40)29-12-6-2-7-13-29/h1-15,28H,16-26H2. The summed E-state index contributed by atoms with van der Waals surface area (Å²) in [7, 11) is 0. The van der Waals surface area contributed by atoms with Crippen LogP contribution in [0.2, 0.25) is 0 Å². The van der Waals surface area contributed by atoms with Crippen LogP contribution in [-0.2, 0) is 16.0 Å². The molecule has 0 aromatic heterocycles. The van der Waals surface area contributed by atoms with Gasteiger partial charge in [0.05, 0.1) is 6.67 Å². The number of hydrogen-bond acceptors (Lipinski definition) is 4. The minimum atomic E-state index is -0.752. The predicted molar refractivity (Wildman–Crippen MR) is 159 cm³/mol. The summed E-state index contributed by atoms with van der Waals surface area (Å²) in [5, 5.41) is 0. The summed E-state index contributed by atoms with van der Waals surface area (Å²) < 4.78 is 0. The van der Waals surface area contributed by atoms with E-state index in [1.54, 1.807) is 4.90 Å². The number of para-hydroxylation sites is 1. The Kier molecular flexibility index (Phi) is 7.77. The lowest BCUT2D eigenvalue weighted by atomic mass is 9.85. The molecule has 3 saturated heterocycles. The zero-order chi connectivity index (χ0) is 28.2. The van der Waals surface area contributed by atoms with Gasteiger partial charge in [0.1, 0.15) is 12.1 Å². The first-order valence-electron chi connectivity index (χ1n) is 14.8. The first kappa shape index (κ1) is 27.1. The van der Waals surface area contributed by atoms with Crippen molar-refractivity contribution < 1.29 is 14.4 Å². The van der Waals surface area contributed by atoms with E-state index in [1.807, 2.05) is 76.5 Å². The van der Waals surface area contributed by atoms with Crippen LogP contribution in [0.4, 0.5) is 5.69 Å². The second kappa shape index (κ2) is 11.8. The minimum Gasteiger partial charge on any atom is -0.341 e. The van der Waals surface area contributed by atoms with Crippen molar-refractivity contribution in [2.24, 2.45) is 5.92 Å². The van der Waals surface area contributed by atoms with Gasteiger partial charge in [-0.3, -0.25) is 14.4 Å². The van der Waals surface area contributed by atoms with E-state index in [1.165, 1.54) is 5.56 Å². The zero-order valence-corrected chi connectivity index (χ0v) is 23.5. The number of likely N-dealkylation sites (tertiary alicyclic amines) is 2. The normalized spacial score (nSPS) is 19.2. The van der Waals surface area contributed by atoms with Crippen LogP contribution in [0, 0.1) is 5.92 Å². The Bertz CT molecular complexity index is 1350. The Balaban J connectivity index is 1.12. The van der Waals surface area contributed by atoms with E-state index in [0.717, 1.165) is 38.0 Å². The molecule has 0 bridgehead atoms. The Morgan fingerprint density at radius 3 is 1.95 bits per heavy atom. The maximum atomic E-state index is 14.1. The summed E-state index contributed by atoms with van der Waals surface area (Å²) >= 11 is 0. The van der Waals surface area contributed by atoms with Crippen molar-refractivity contribution in [1.29, 1.82) is 0 Å². The molecule has 0 saturated carbocycles. The summed E-state index contributed by atoms with van der Waals surface area (Å²) in [6.07, 6.45) is 4.09. The van der Waals surface area contributed by atoms with E-state index in [2.05, 4.69) is 29.2 Å². The van der Waals surface area contributed by atoms with E-state index in [9.17, 15) is 14.4 Å². The largest absolute Gasteiger partial charge is 0.341 e. The van der Waals surface area contributed by atoms with Gasteiger partial charge in [0.25, 0.3) is 11.8 Å². The van der Waals surface area contributed by atoms with Gasteiger partial charge in [-0.1, -0.05) is 66.7 Å². The molecular weight excluding hydrogens is 512 g/mol. The topological polar surface area (TPSA) is 64.2 Å². The van der Waals surface area contributed by atoms with Crippen LogP contribution >= 0.6 is 0 Å². The molecule has 3 fully saturated rings. The lowest BCUT2D eigenvalue weighted by molar-refractivity contribution is -0.141. The number of piperidine rings is 2. The van der Waals surface area contributed by atoms with Gasteiger partial charge in [-0.2, -0.15) is 0 Å². The fraction of sp³-hybridized carbons (Fsp3) is 0.382. The van der Waals surface area contributed by atoms with E-state index < -0.39 is 5.54 Å². The third-order valence-electron chi connectivity index (χ3n) is 9.14. The van der Waals surface area contributed by atoms with Crippen molar-refractivity contribution in [3.63, 3.8) is 0 Å². The van der Waals surface area contributed by atoms with Crippen LogP contribution in [-0.4, -0.2) is 77.4 Å². The third kappa shape index (κ3) is 5.58. The van der Waals surface area contributed by atoms with E-state index in [0.29, 0.717) is 44.1 Å². The third-order valence-corrected chi connectivity index (χ3v) is 9.14. The Hall–Kier alpha value is -4.13. The minimum absolute atomic E-state index is 0.000132. The smallest absolute Gasteiger partial charge is 0.253 e. The molecular formula is C34H38N4O3. The molecule has 3 aromatic rings. The number of benzene rings is 3. The van der Waals surface area contributed by atoms with Crippen molar-refractivity contribution >= 4 is 23.4 Å². The van der Waals surface area contributed by atoms with Gasteiger partial charge >= 0.3 is 0 Å². The molecule has 6 rings (SSSR count). The summed E-state index contributed by atoms with van der Waals surface area (Å²) in [5.74, 6) is 0.606. The molecule has 7 heteroatoms. The van der Waals surface area contributed by atoms with Crippen molar-refractivity contribution in [2.45, 2.75) is 37.6 Å². The molecule has 41 heavy (non-hydrogen) atoms. The summed E-state index contributed by atoms with van der Waals surface area (Å²) in [5.41, 5.74) is 2.24. The van der Waals surface area contributed by atoms with Crippen molar-refractivity contribution in [3.8, 4) is 0 Å². The highest BCUT2D eigenvalue weighted by molar-refractivity contribution is 5.97. The second-order valence-corrected chi connectivity index (χ2v) is 11.6. The first-order valence-corrected chi connectivity index (χ1v) is 14.8. The number of carbonyl (C=O) groups is 3. The van der Waals surface area contributed by atoms with Gasteiger partial charge in [0.2, 0.25) is 5.91 Å². The highest BCUT2D eigenvalue weighted by Crippen LogP contribution is 2.39. The first-order chi connectivity index (χ1) is 20.0. The number of rotatable bonds is 6. The second-order valence-electron chi connectivity index (χ2n) is 11.6. The molecule has 1 spiro atoms. The maximum Gasteiger partial charge on any atom is 0.253 e. The molecule has 3 heterocycles. The van der Waals surface area contributed by atoms with Crippen molar-refractivity contribution in [2.75, 3.05) is 44.3 Å². The fourth-order valence-corrected chi connectivity index (χ4v) is 6.76. The molecule has 3 aliphatic heterocycles. The Labute approximate surface area is 242 Å². The number of anilines is 1. The highest BCUT2D eigenvalue weighted by Gasteiger charge is 2.54. The Morgan fingerprint density at radius 1 is 0.732 bits per heavy atom. The van der Waals surface area contributed by atoms with Crippen LogP contribution in [0.15, 0.2) is 91.0 Å². The molecule has 0 N–H and O–H groups in total. The lowest BCUT2D eigenvalue weighted by Gasteiger charge is -2.43. The lowest BCUT2D eigenvalue weighted by Crippen LogP contribution is -2.57. The van der Waals surface area contributed by atoms with Crippen LogP contribution < -0.4 is 4.90 Å². The molecule has 3 aliphatic rings. The molecule has 0 unspecified atom stereocenters. The molecule has 0 aliphatic carbocycles. The van der Waals surface area contributed by atoms with Gasteiger partial charge in [-0.05, 0) is 67.9 Å². The zero-order valence-electron chi connectivity index (χ0n) is 23.5. The summed E-state index contributed by atoms with van der Waals surface area (Å²) in [6.45, 7) is 2.95. The monoisotopic (exact) mass is 550 g/mol. The van der Waals surface area contributed by atoms with Crippen LogP contribution in [0.1, 0.15) is 41.6 Å². The summed E-state index contributed by atoms with van der Waals surface area (Å²) in [6, 6.07) is 29.9. The van der Waals surface area contributed by atoms with Crippen molar-refractivity contribution in [3.05, 3.63) is 102 Å². The average Bonchev–Trinajstić information content (AvgIpc) is 3.29. The molecule has 7 nitrogen and oxygen atoms in total. The Morgan fingerprint density at radius 2 is 1.32 bits per heavy atom. The van der Waals surface area contributed by atoms with Crippen molar-refractivity contribution in [1.82, 2.24) is 14.7 Å². The van der Waals surface area contributed by atoms with Gasteiger partial charge in [0, 0.05) is 37.4 Å². The molecule has 3 aromatic carbocycles. The van der Waals surface area contributed by atoms with Gasteiger partial charge in [-0.15, -0.1) is 0 Å². The van der Waals surface area contributed by atoms with Gasteiger partial charge in [0.15, 0.2) is 0 Å². The number of carbonyl (C=O) groups excluding carboxylic acids is 3. The average molecular weight is 551 g/mol. The van der Waals surface area contributed by atoms with E-state index in [4.69, 9.17) is 0 Å². The van der Waals surface area contributed by atoms with Crippen LogP contribution in [0.5, 0.6) is 0 Å². The molecule has 0 atom stereocenters. The summed E-state index contributed by atoms with van der Waals surface area (Å²) in [4.78, 5) is 48.3. The molecule has 0 radical (unpaired) electrons. The quantitative estimate of drug-likeness (QED) is 0.455. The highest BCUT2D eigenvalue weighted by atomic mass is 16.2. The van der Waals surface area contributed by atoms with Crippen LogP contribution in [0.3, 0.4) is 0 Å². The predicted octanol–water partition coefficient (Wildman–Crippen LogP) is 4.45. The molecule has 3 amide bonds. The van der Waals surface area contributed by atoms with Gasteiger partial charge in [-0.25, -0.2) is 0 Å². The van der Waals surface area contributed by atoms with E-state index in [-0.39, 0.29) is 24.3 Å². The van der Waals surface area contributed by atoms with Gasteiger partial charge < -0.3 is 19.6 Å². The SMILES string of the molecule is O=C(CN1CN(c2ccccc2)C2(CCN(C(=O)c3ccccc3)CC2)C1=O)N1CCC(Cc2ccccc2)CC1. The fourth-order valence-electron chi connectivity index (χ4n) is 6.76. The number of amides is 3. The van der Waals surface area contributed by atoms with E-state index >= 15 is 0 Å². The van der Waals surface area contributed by atoms with Crippen LogP contribution in [0.25, 0.3) is 0 Å².